The number of β-amino-alcohol motifs (C(OH)–C–C–N with tert-alkyl or cyclic N) is 1. The van der Waals surface area contributed by atoms with Gasteiger partial charge in [0, 0.05) is 38.3 Å². The number of nitrogen functional groups attached to an aromatic ring is 1. The zero-order valence-corrected chi connectivity index (χ0v) is 12.7. The van der Waals surface area contributed by atoms with Crippen molar-refractivity contribution in [1.82, 2.24) is 4.90 Å². The number of hydrogen-bond donors (Lipinski definition) is 3. The van der Waals surface area contributed by atoms with E-state index >= 15 is 0 Å². The number of nitrogens with two attached hydrogens (primary N) is 2. The maximum absolute atomic E-state index is 11.1. The molecule has 116 valence electrons. The molecule has 0 radical (unpaired) electrons. The Labute approximate surface area is 125 Å². The summed E-state index contributed by atoms with van der Waals surface area (Å²) in [5, 5.41) is 9.86. The number of primary amides is 1. The van der Waals surface area contributed by atoms with Crippen LogP contribution in [0.3, 0.4) is 0 Å². The molecule has 1 aromatic rings. The quantitative estimate of drug-likeness (QED) is 0.692. The number of rotatable bonds is 4. The van der Waals surface area contributed by atoms with Crippen LogP contribution in [0.25, 0.3) is 0 Å². The van der Waals surface area contributed by atoms with E-state index in [1.54, 1.807) is 12.1 Å². The number of carbonyl (C=O) groups excluding carboxylic acids is 1. The molecule has 1 amide bonds. The van der Waals surface area contributed by atoms with Crippen LogP contribution in [-0.2, 0) is 0 Å². The van der Waals surface area contributed by atoms with Gasteiger partial charge in [-0.25, -0.2) is 0 Å². The van der Waals surface area contributed by atoms with Gasteiger partial charge in [0.15, 0.2) is 0 Å². The maximum atomic E-state index is 11.1. The van der Waals surface area contributed by atoms with Crippen molar-refractivity contribution in [2.45, 2.75) is 19.4 Å². The average molecular weight is 292 g/mol. The minimum atomic E-state index is -0.676. The molecule has 5 N–H and O–H groups in total. The van der Waals surface area contributed by atoms with Crippen LogP contribution in [0.15, 0.2) is 18.2 Å². The maximum Gasteiger partial charge on any atom is 0.248 e. The zero-order chi connectivity index (χ0) is 15.6. The second-order valence-electron chi connectivity index (χ2n) is 6.21. The molecule has 1 fully saturated rings. The Hall–Kier alpha value is -1.79. The molecule has 0 aliphatic carbocycles. The molecule has 1 aromatic carbocycles. The second-order valence-corrected chi connectivity index (χ2v) is 6.21. The van der Waals surface area contributed by atoms with E-state index in [0.717, 1.165) is 31.9 Å². The lowest BCUT2D eigenvalue weighted by Gasteiger charge is -2.38. The number of carbonyl (C=O) groups is 1. The highest BCUT2D eigenvalue weighted by Crippen LogP contribution is 2.25. The molecular weight excluding hydrogens is 268 g/mol. The molecule has 0 aromatic heterocycles. The Bertz CT molecular complexity index is 517. The van der Waals surface area contributed by atoms with Gasteiger partial charge in [-0.2, -0.15) is 0 Å². The topological polar surface area (TPSA) is 95.8 Å². The van der Waals surface area contributed by atoms with Crippen molar-refractivity contribution in [1.29, 1.82) is 0 Å². The molecule has 0 unspecified atom stereocenters. The Morgan fingerprint density at radius 3 is 2.38 bits per heavy atom. The van der Waals surface area contributed by atoms with Gasteiger partial charge in [0.1, 0.15) is 0 Å². The Kier molecular flexibility index (Phi) is 4.39. The van der Waals surface area contributed by atoms with E-state index in [0.29, 0.717) is 17.8 Å². The van der Waals surface area contributed by atoms with Gasteiger partial charge in [0.05, 0.1) is 17.0 Å². The van der Waals surface area contributed by atoms with Crippen LogP contribution in [0.1, 0.15) is 24.2 Å². The minimum absolute atomic E-state index is 0.428. The van der Waals surface area contributed by atoms with Crippen molar-refractivity contribution < 1.29 is 9.90 Å². The summed E-state index contributed by atoms with van der Waals surface area (Å²) in [6, 6.07) is 5.18. The molecule has 1 saturated heterocycles. The fourth-order valence-corrected chi connectivity index (χ4v) is 2.69. The Morgan fingerprint density at radius 1 is 1.29 bits per heavy atom. The fraction of sp³-hybridized carbons (Fsp3) is 0.533. The smallest absolute Gasteiger partial charge is 0.248 e. The van der Waals surface area contributed by atoms with Gasteiger partial charge in [-0.15, -0.1) is 0 Å². The van der Waals surface area contributed by atoms with Gasteiger partial charge >= 0.3 is 0 Å². The highest BCUT2D eigenvalue weighted by Gasteiger charge is 2.23. The lowest BCUT2D eigenvalue weighted by molar-refractivity contribution is 0.0345. The first-order valence-electron chi connectivity index (χ1n) is 7.15. The number of nitrogens with zero attached hydrogens (tertiary/aromatic N) is 2. The zero-order valence-electron chi connectivity index (χ0n) is 12.7. The van der Waals surface area contributed by atoms with Crippen molar-refractivity contribution in [3.8, 4) is 0 Å². The number of anilines is 2. The van der Waals surface area contributed by atoms with E-state index in [1.165, 1.54) is 0 Å². The van der Waals surface area contributed by atoms with Gasteiger partial charge in [0.2, 0.25) is 5.91 Å². The van der Waals surface area contributed by atoms with Crippen molar-refractivity contribution in [3.63, 3.8) is 0 Å². The number of amides is 1. The summed E-state index contributed by atoms with van der Waals surface area (Å²) in [4.78, 5) is 15.6. The van der Waals surface area contributed by atoms with Crippen LogP contribution in [0.4, 0.5) is 11.4 Å². The van der Waals surface area contributed by atoms with Crippen molar-refractivity contribution in [2.75, 3.05) is 43.4 Å². The van der Waals surface area contributed by atoms with E-state index in [9.17, 15) is 9.90 Å². The summed E-state index contributed by atoms with van der Waals surface area (Å²) in [6.45, 7) is 7.74. The minimum Gasteiger partial charge on any atom is -0.397 e. The van der Waals surface area contributed by atoms with Crippen LogP contribution in [-0.4, -0.2) is 54.2 Å². The molecule has 0 spiro atoms. The lowest BCUT2D eigenvalue weighted by atomic mass is 10.1. The van der Waals surface area contributed by atoms with Gasteiger partial charge in [-0.05, 0) is 32.0 Å². The largest absolute Gasteiger partial charge is 0.397 e. The molecule has 2 rings (SSSR count). The Balaban J connectivity index is 2.01. The van der Waals surface area contributed by atoms with Crippen molar-refractivity contribution >= 4 is 17.3 Å². The molecule has 1 heterocycles. The summed E-state index contributed by atoms with van der Waals surface area (Å²) >= 11 is 0. The molecule has 1 aliphatic heterocycles. The third kappa shape index (κ3) is 4.09. The van der Waals surface area contributed by atoms with E-state index in [2.05, 4.69) is 9.80 Å². The van der Waals surface area contributed by atoms with E-state index in [1.807, 2.05) is 19.9 Å². The molecule has 0 atom stereocenters. The summed E-state index contributed by atoms with van der Waals surface area (Å²) in [5.41, 5.74) is 12.5. The van der Waals surface area contributed by atoms with Gasteiger partial charge in [0.25, 0.3) is 0 Å². The van der Waals surface area contributed by atoms with Crippen molar-refractivity contribution in [2.24, 2.45) is 5.73 Å². The van der Waals surface area contributed by atoms with Gasteiger partial charge in [-0.1, -0.05) is 0 Å². The summed E-state index contributed by atoms with van der Waals surface area (Å²) < 4.78 is 0. The van der Waals surface area contributed by atoms with Crippen LogP contribution in [0, 0.1) is 0 Å². The molecule has 1 aliphatic rings. The normalized spacial score (nSPS) is 17.0. The number of benzene rings is 1. The first-order chi connectivity index (χ1) is 9.76. The predicted octanol–water partition coefficient (Wildman–Crippen LogP) is 0.261. The lowest BCUT2D eigenvalue weighted by Crippen LogP contribution is -2.50. The standard InChI is InChI=1S/C15H24N4O2/c1-15(2,21)10-18-5-7-19(8-6-18)13-4-3-11(14(17)20)9-12(13)16/h3-4,9,21H,5-8,10,16H2,1-2H3,(H2,17,20). The number of aliphatic hydroxyl groups is 1. The highest BCUT2D eigenvalue weighted by atomic mass is 16.3. The molecule has 0 bridgehead atoms. The molecule has 6 heteroatoms. The third-order valence-corrected chi connectivity index (χ3v) is 3.64. The molecule has 0 saturated carbocycles. The average Bonchev–Trinajstić information content (AvgIpc) is 2.38. The first-order valence-corrected chi connectivity index (χ1v) is 7.15. The summed E-state index contributed by atoms with van der Waals surface area (Å²) in [7, 11) is 0. The SMILES string of the molecule is CC(C)(O)CN1CCN(c2ccc(C(N)=O)cc2N)CC1. The predicted molar refractivity (Wildman–Crippen MR) is 84.3 cm³/mol. The number of piperazine rings is 1. The van der Waals surface area contributed by atoms with E-state index < -0.39 is 11.5 Å². The summed E-state index contributed by atoms with van der Waals surface area (Å²) in [6.07, 6.45) is 0. The highest BCUT2D eigenvalue weighted by molar-refractivity contribution is 5.94. The van der Waals surface area contributed by atoms with E-state index in [-0.39, 0.29) is 0 Å². The fourth-order valence-electron chi connectivity index (χ4n) is 2.69. The molecule has 6 nitrogen and oxygen atoms in total. The van der Waals surface area contributed by atoms with Crippen molar-refractivity contribution in [3.05, 3.63) is 23.8 Å². The third-order valence-electron chi connectivity index (χ3n) is 3.64. The first kappa shape index (κ1) is 15.6. The Morgan fingerprint density at radius 2 is 1.90 bits per heavy atom. The van der Waals surface area contributed by atoms with Crippen LogP contribution < -0.4 is 16.4 Å². The summed E-state index contributed by atoms with van der Waals surface area (Å²) in [5.74, 6) is -0.469. The van der Waals surface area contributed by atoms with Crippen LogP contribution >= 0.6 is 0 Å². The monoisotopic (exact) mass is 292 g/mol. The van der Waals surface area contributed by atoms with Gasteiger partial charge < -0.3 is 21.5 Å². The van der Waals surface area contributed by atoms with Crippen LogP contribution in [0.5, 0.6) is 0 Å². The van der Waals surface area contributed by atoms with E-state index in [4.69, 9.17) is 11.5 Å². The second kappa shape index (κ2) is 5.91. The molecule has 21 heavy (non-hydrogen) atoms. The molecular formula is C15H24N4O2. The van der Waals surface area contributed by atoms with Crippen LogP contribution in [0.2, 0.25) is 0 Å². The van der Waals surface area contributed by atoms with Gasteiger partial charge in [-0.3, -0.25) is 9.69 Å². The number of hydrogen-bond acceptors (Lipinski definition) is 5.